The summed E-state index contributed by atoms with van der Waals surface area (Å²) in [5.41, 5.74) is 2.82. The predicted octanol–water partition coefficient (Wildman–Crippen LogP) is 2.36. The number of rotatable bonds is 9. The van der Waals surface area contributed by atoms with E-state index in [2.05, 4.69) is 32.7 Å². The van der Waals surface area contributed by atoms with Gasteiger partial charge in [-0.15, -0.1) is 0 Å². The molecule has 0 spiro atoms. The molecule has 0 aromatic carbocycles. The number of carbonyl (C=O) groups is 2. The number of carbonyl (C=O) groups excluding carboxylic acids is 1. The topological polar surface area (TPSA) is 107 Å². The number of nitrogens with one attached hydrogen (secondary N) is 2. The SMILES string of the molecule is O=C(N[C@H](CCN1CC[C@@H](CCc2ccc3c(n2)NCCC3)C1)C(=O)O)c1cccnc1. The standard InChI is InChI=1S/C24H31N5O3/c30-23(19-4-1-11-25-15-19)28-21(24(31)32)10-14-29-13-9-17(16-29)5-7-20-8-6-18-3-2-12-26-22(18)27-20/h1,4,6,8,11,15,17,21H,2-3,5,7,9-10,12-14,16H2,(H,26,27)(H,28,30)(H,31,32)/t17-,21-/m1/s1. The van der Waals surface area contributed by atoms with Crippen molar-refractivity contribution in [3.8, 4) is 0 Å². The smallest absolute Gasteiger partial charge is 0.326 e. The van der Waals surface area contributed by atoms with E-state index >= 15 is 0 Å². The second kappa shape index (κ2) is 10.5. The molecule has 2 aliphatic rings. The zero-order valence-corrected chi connectivity index (χ0v) is 18.3. The second-order valence-electron chi connectivity index (χ2n) is 8.73. The van der Waals surface area contributed by atoms with Gasteiger partial charge in [0.15, 0.2) is 0 Å². The molecule has 2 atom stereocenters. The molecule has 0 bridgehead atoms. The molecule has 4 heterocycles. The molecule has 2 aliphatic heterocycles. The lowest BCUT2D eigenvalue weighted by Crippen LogP contribution is -2.43. The Labute approximate surface area is 188 Å². The fourth-order valence-corrected chi connectivity index (χ4v) is 4.52. The number of hydrogen-bond acceptors (Lipinski definition) is 6. The van der Waals surface area contributed by atoms with Gasteiger partial charge in [0, 0.05) is 37.7 Å². The molecule has 1 fully saturated rings. The van der Waals surface area contributed by atoms with Gasteiger partial charge in [0.05, 0.1) is 5.56 Å². The number of aromatic nitrogens is 2. The quantitative estimate of drug-likeness (QED) is 0.553. The highest BCUT2D eigenvalue weighted by Crippen LogP contribution is 2.24. The monoisotopic (exact) mass is 437 g/mol. The first-order valence-electron chi connectivity index (χ1n) is 11.5. The average molecular weight is 438 g/mol. The van der Waals surface area contributed by atoms with Gasteiger partial charge in [0.25, 0.3) is 5.91 Å². The summed E-state index contributed by atoms with van der Waals surface area (Å²) in [4.78, 5) is 34.9. The molecule has 2 aromatic rings. The van der Waals surface area contributed by atoms with Gasteiger partial charge in [-0.1, -0.05) is 6.07 Å². The summed E-state index contributed by atoms with van der Waals surface area (Å²) in [7, 11) is 0. The van der Waals surface area contributed by atoms with E-state index in [1.54, 1.807) is 18.3 Å². The Kier molecular flexibility index (Phi) is 7.32. The van der Waals surface area contributed by atoms with E-state index in [0.29, 0.717) is 24.4 Å². The van der Waals surface area contributed by atoms with Gasteiger partial charge < -0.3 is 20.6 Å². The van der Waals surface area contributed by atoms with Gasteiger partial charge in [-0.05, 0) is 74.8 Å². The zero-order valence-electron chi connectivity index (χ0n) is 18.3. The molecule has 170 valence electrons. The molecular weight excluding hydrogens is 406 g/mol. The van der Waals surface area contributed by atoms with Crippen molar-refractivity contribution in [1.82, 2.24) is 20.2 Å². The Bertz CT molecular complexity index is 936. The molecule has 2 aromatic heterocycles. The summed E-state index contributed by atoms with van der Waals surface area (Å²) in [6.07, 6.45) is 8.83. The number of fused-ring (bicyclic) bond motifs is 1. The Balaban J connectivity index is 1.22. The number of amides is 1. The highest BCUT2D eigenvalue weighted by Gasteiger charge is 2.26. The van der Waals surface area contributed by atoms with Gasteiger partial charge >= 0.3 is 5.97 Å². The first kappa shape index (κ1) is 22.2. The van der Waals surface area contributed by atoms with Gasteiger partial charge in [-0.25, -0.2) is 9.78 Å². The number of hydrogen-bond donors (Lipinski definition) is 3. The summed E-state index contributed by atoms with van der Waals surface area (Å²) in [5.74, 6) is 0.228. The van der Waals surface area contributed by atoms with Crippen LogP contribution in [0.4, 0.5) is 5.82 Å². The Morgan fingerprint density at radius 2 is 2.22 bits per heavy atom. The van der Waals surface area contributed by atoms with Crippen LogP contribution in [-0.2, 0) is 17.6 Å². The van der Waals surface area contributed by atoms with Crippen molar-refractivity contribution in [3.63, 3.8) is 0 Å². The van der Waals surface area contributed by atoms with Crippen LogP contribution in [0.25, 0.3) is 0 Å². The molecule has 0 unspecified atom stereocenters. The third-order valence-corrected chi connectivity index (χ3v) is 6.39. The van der Waals surface area contributed by atoms with Crippen molar-refractivity contribution >= 4 is 17.7 Å². The number of anilines is 1. The van der Waals surface area contributed by atoms with Crippen molar-refractivity contribution < 1.29 is 14.7 Å². The number of carboxylic acid groups (broad SMARTS) is 1. The predicted molar refractivity (Wildman–Crippen MR) is 122 cm³/mol. The second-order valence-corrected chi connectivity index (χ2v) is 8.73. The molecule has 8 nitrogen and oxygen atoms in total. The van der Waals surface area contributed by atoms with Crippen LogP contribution in [0.5, 0.6) is 0 Å². The van der Waals surface area contributed by atoms with E-state index in [1.165, 1.54) is 18.2 Å². The number of pyridine rings is 2. The summed E-state index contributed by atoms with van der Waals surface area (Å²) >= 11 is 0. The van der Waals surface area contributed by atoms with E-state index in [-0.39, 0.29) is 0 Å². The maximum Gasteiger partial charge on any atom is 0.326 e. The average Bonchev–Trinajstić information content (AvgIpc) is 3.28. The molecule has 3 N–H and O–H groups in total. The van der Waals surface area contributed by atoms with Gasteiger partial charge in [-0.2, -0.15) is 0 Å². The van der Waals surface area contributed by atoms with Gasteiger partial charge in [0.2, 0.25) is 0 Å². The molecule has 4 rings (SSSR count). The lowest BCUT2D eigenvalue weighted by molar-refractivity contribution is -0.139. The van der Waals surface area contributed by atoms with Crippen molar-refractivity contribution in [1.29, 1.82) is 0 Å². The summed E-state index contributed by atoms with van der Waals surface area (Å²) in [6.45, 7) is 3.58. The third kappa shape index (κ3) is 5.82. The fraction of sp³-hybridized carbons (Fsp3) is 0.500. The summed E-state index contributed by atoms with van der Waals surface area (Å²) < 4.78 is 0. The number of likely N-dealkylation sites (tertiary alicyclic amines) is 1. The van der Waals surface area contributed by atoms with Crippen molar-refractivity contribution in [2.45, 2.75) is 44.6 Å². The summed E-state index contributed by atoms with van der Waals surface area (Å²) in [5, 5.41) is 15.5. The molecule has 8 heteroatoms. The normalized spacial score (nSPS) is 19.1. The minimum Gasteiger partial charge on any atom is -0.480 e. The Morgan fingerprint density at radius 3 is 3.03 bits per heavy atom. The van der Waals surface area contributed by atoms with Crippen LogP contribution in [0.2, 0.25) is 0 Å². The van der Waals surface area contributed by atoms with E-state index in [1.807, 2.05) is 0 Å². The van der Waals surface area contributed by atoms with E-state index in [0.717, 1.165) is 56.8 Å². The largest absolute Gasteiger partial charge is 0.480 e. The lowest BCUT2D eigenvalue weighted by atomic mass is 10.00. The van der Waals surface area contributed by atoms with Crippen molar-refractivity contribution in [2.75, 3.05) is 31.5 Å². The third-order valence-electron chi connectivity index (χ3n) is 6.39. The highest BCUT2D eigenvalue weighted by molar-refractivity contribution is 5.96. The first-order chi connectivity index (χ1) is 15.6. The van der Waals surface area contributed by atoms with Crippen LogP contribution in [-0.4, -0.2) is 64.1 Å². The Hall–Kier alpha value is -3.00. The van der Waals surface area contributed by atoms with Crippen LogP contribution in [0, 0.1) is 5.92 Å². The molecule has 32 heavy (non-hydrogen) atoms. The van der Waals surface area contributed by atoms with Crippen LogP contribution < -0.4 is 10.6 Å². The van der Waals surface area contributed by atoms with Crippen molar-refractivity contribution in [3.05, 3.63) is 53.5 Å². The van der Waals surface area contributed by atoms with E-state index in [9.17, 15) is 14.7 Å². The number of carboxylic acids is 1. The molecule has 0 saturated carbocycles. The van der Waals surface area contributed by atoms with Gasteiger partial charge in [-0.3, -0.25) is 9.78 Å². The van der Waals surface area contributed by atoms with Crippen LogP contribution in [0.3, 0.4) is 0 Å². The lowest BCUT2D eigenvalue weighted by Gasteiger charge is -2.20. The number of aliphatic carboxylic acids is 1. The Morgan fingerprint density at radius 1 is 1.31 bits per heavy atom. The molecule has 1 amide bonds. The minimum absolute atomic E-state index is 0.367. The first-order valence-corrected chi connectivity index (χ1v) is 11.5. The molecule has 0 aliphatic carbocycles. The molecule has 0 radical (unpaired) electrons. The zero-order chi connectivity index (χ0) is 22.3. The summed E-state index contributed by atoms with van der Waals surface area (Å²) in [6, 6.07) is 6.73. The maximum atomic E-state index is 12.3. The van der Waals surface area contributed by atoms with Crippen LogP contribution >= 0.6 is 0 Å². The van der Waals surface area contributed by atoms with Crippen molar-refractivity contribution in [2.24, 2.45) is 5.92 Å². The van der Waals surface area contributed by atoms with E-state index < -0.39 is 17.9 Å². The number of nitrogens with zero attached hydrogens (tertiary/aromatic N) is 3. The van der Waals surface area contributed by atoms with Crippen LogP contribution in [0.1, 0.15) is 47.3 Å². The van der Waals surface area contributed by atoms with Gasteiger partial charge in [0.1, 0.15) is 11.9 Å². The minimum atomic E-state index is -1.01. The van der Waals surface area contributed by atoms with E-state index in [4.69, 9.17) is 4.98 Å². The fourth-order valence-electron chi connectivity index (χ4n) is 4.52. The maximum absolute atomic E-state index is 12.3. The van der Waals surface area contributed by atoms with Crippen LogP contribution in [0.15, 0.2) is 36.7 Å². The molecular formula is C24H31N5O3. The number of aryl methyl sites for hydroxylation is 2. The highest BCUT2D eigenvalue weighted by atomic mass is 16.4. The molecule has 1 saturated heterocycles.